The highest BCUT2D eigenvalue weighted by molar-refractivity contribution is 6.10. The van der Waals surface area contributed by atoms with Crippen LogP contribution in [0.2, 0.25) is 0 Å². The Balaban J connectivity index is 1.29. The first-order valence-corrected chi connectivity index (χ1v) is 11.6. The minimum absolute atomic E-state index is 0.0481. The van der Waals surface area contributed by atoms with Gasteiger partial charge in [-0.05, 0) is 54.6 Å². The van der Waals surface area contributed by atoms with Crippen LogP contribution in [0, 0.1) is 5.82 Å². The minimum atomic E-state index is -0.375. The Labute approximate surface area is 213 Å². The fourth-order valence-electron chi connectivity index (χ4n) is 3.55. The summed E-state index contributed by atoms with van der Waals surface area (Å²) in [6.07, 6.45) is 0. The second-order valence-corrected chi connectivity index (χ2v) is 8.12. The zero-order valence-electron chi connectivity index (χ0n) is 19.8. The average Bonchev–Trinajstić information content (AvgIpc) is 2.92. The number of anilines is 3. The third kappa shape index (κ3) is 7.02. The third-order valence-corrected chi connectivity index (χ3v) is 5.47. The molecule has 0 aliphatic heterocycles. The van der Waals surface area contributed by atoms with Gasteiger partial charge in [-0.1, -0.05) is 48.5 Å². The van der Waals surface area contributed by atoms with Crippen molar-refractivity contribution in [3.05, 3.63) is 126 Å². The molecule has 0 atom stereocenters. The maximum Gasteiger partial charge on any atom is 0.257 e. The molecule has 4 aromatic carbocycles. The molecule has 4 rings (SSSR count). The van der Waals surface area contributed by atoms with Gasteiger partial charge >= 0.3 is 0 Å². The van der Waals surface area contributed by atoms with Crippen molar-refractivity contribution in [1.29, 1.82) is 0 Å². The Morgan fingerprint density at radius 2 is 1.32 bits per heavy atom. The van der Waals surface area contributed by atoms with Crippen LogP contribution in [0.25, 0.3) is 0 Å². The molecule has 0 radical (unpaired) electrons. The maximum atomic E-state index is 13.7. The van der Waals surface area contributed by atoms with Gasteiger partial charge in [0.15, 0.2) is 0 Å². The molecular formula is C29H25FN4O3. The van der Waals surface area contributed by atoms with E-state index >= 15 is 0 Å². The number of carbonyl (C=O) groups excluding carboxylic acids is 3. The van der Waals surface area contributed by atoms with Crippen LogP contribution in [0.1, 0.15) is 26.3 Å². The second kappa shape index (κ2) is 12.1. The van der Waals surface area contributed by atoms with E-state index in [1.165, 1.54) is 6.07 Å². The number of benzene rings is 4. The van der Waals surface area contributed by atoms with E-state index in [0.717, 1.165) is 0 Å². The number of rotatable bonds is 9. The second-order valence-electron chi connectivity index (χ2n) is 8.12. The van der Waals surface area contributed by atoms with Gasteiger partial charge in [-0.3, -0.25) is 14.4 Å². The molecule has 0 unspecified atom stereocenters. The number of amides is 3. The molecule has 0 bridgehead atoms. The highest BCUT2D eigenvalue weighted by atomic mass is 19.1. The van der Waals surface area contributed by atoms with Crippen LogP contribution in [-0.4, -0.2) is 24.3 Å². The van der Waals surface area contributed by atoms with Gasteiger partial charge < -0.3 is 21.3 Å². The molecule has 0 aliphatic carbocycles. The first-order chi connectivity index (χ1) is 18.0. The van der Waals surface area contributed by atoms with Crippen molar-refractivity contribution in [2.24, 2.45) is 0 Å². The first-order valence-electron chi connectivity index (χ1n) is 11.6. The molecule has 4 aromatic rings. The summed E-state index contributed by atoms with van der Waals surface area (Å²) >= 11 is 0. The first kappa shape index (κ1) is 25.1. The van der Waals surface area contributed by atoms with E-state index in [1.54, 1.807) is 78.9 Å². The molecule has 0 saturated carbocycles. The van der Waals surface area contributed by atoms with Crippen molar-refractivity contribution in [1.82, 2.24) is 5.32 Å². The van der Waals surface area contributed by atoms with Crippen LogP contribution < -0.4 is 21.3 Å². The van der Waals surface area contributed by atoms with E-state index in [1.807, 2.05) is 18.2 Å². The number of hydrogen-bond acceptors (Lipinski definition) is 4. The summed E-state index contributed by atoms with van der Waals surface area (Å²) in [5, 5.41) is 11.2. The van der Waals surface area contributed by atoms with Gasteiger partial charge in [-0.25, -0.2) is 4.39 Å². The number of para-hydroxylation sites is 2. The Bertz CT molecular complexity index is 1390. The van der Waals surface area contributed by atoms with E-state index < -0.39 is 0 Å². The molecular weight excluding hydrogens is 471 g/mol. The maximum absolute atomic E-state index is 13.7. The molecule has 0 spiro atoms. The summed E-state index contributed by atoms with van der Waals surface area (Å²) in [5.41, 5.74) is 2.83. The van der Waals surface area contributed by atoms with E-state index in [9.17, 15) is 18.8 Å². The fraction of sp³-hybridized carbons (Fsp3) is 0.0690. The highest BCUT2D eigenvalue weighted by Gasteiger charge is 2.13. The van der Waals surface area contributed by atoms with Crippen LogP contribution in [0.4, 0.5) is 21.5 Å². The van der Waals surface area contributed by atoms with Crippen LogP contribution in [0.15, 0.2) is 103 Å². The van der Waals surface area contributed by atoms with Crippen molar-refractivity contribution in [2.75, 3.05) is 22.5 Å². The topological polar surface area (TPSA) is 99.3 Å². The van der Waals surface area contributed by atoms with Crippen molar-refractivity contribution < 1.29 is 18.8 Å². The van der Waals surface area contributed by atoms with Crippen LogP contribution in [-0.2, 0) is 11.3 Å². The van der Waals surface area contributed by atoms with Crippen molar-refractivity contribution in [3.8, 4) is 0 Å². The summed E-state index contributed by atoms with van der Waals surface area (Å²) < 4.78 is 13.7. The smallest absolute Gasteiger partial charge is 0.257 e. The third-order valence-electron chi connectivity index (χ3n) is 5.47. The molecule has 3 amide bonds. The molecule has 0 aliphatic rings. The lowest BCUT2D eigenvalue weighted by molar-refractivity contribution is -0.114. The van der Waals surface area contributed by atoms with Crippen molar-refractivity contribution in [2.45, 2.75) is 6.54 Å². The van der Waals surface area contributed by atoms with E-state index in [2.05, 4.69) is 21.3 Å². The predicted molar refractivity (Wildman–Crippen MR) is 142 cm³/mol. The highest BCUT2D eigenvalue weighted by Crippen LogP contribution is 2.18. The number of hydrogen-bond donors (Lipinski definition) is 4. The standard InChI is InChI=1S/C29H25FN4O3/c30-25-12-6-4-8-21(25)18-32-28(36)20-14-16-22(17-15-20)31-19-27(35)34-26-13-7-5-11-24(26)29(37)33-23-9-2-1-3-10-23/h1-17,31H,18-19H2,(H,32,36)(H,33,37)(H,34,35). The SMILES string of the molecule is O=C(CNc1ccc(C(=O)NCc2ccccc2F)cc1)Nc1ccccc1C(=O)Nc1ccccc1. The lowest BCUT2D eigenvalue weighted by Crippen LogP contribution is -2.24. The minimum Gasteiger partial charge on any atom is -0.376 e. The monoisotopic (exact) mass is 496 g/mol. The Kier molecular flexibility index (Phi) is 8.23. The van der Waals surface area contributed by atoms with Crippen LogP contribution >= 0.6 is 0 Å². The zero-order valence-corrected chi connectivity index (χ0v) is 19.8. The molecule has 7 nitrogen and oxygen atoms in total. The summed E-state index contributed by atoms with van der Waals surface area (Å²) in [6.45, 7) is 0.0317. The zero-order chi connectivity index (χ0) is 26.0. The number of nitrogens with one attached hydrogen (secondary N) is 4. The summed E-state index contributed by atoms with van der Waals surface area (Å²) in [5.74, 6) is -1.39. The molecule has 186 valence electrons. The molecule has 4 N–H and O–H groups in total. The summed E-state index contributed by atoms with van der Waals surface area (Å²) in [6, 6.07) is 28.6. The van der Waals surface area contributed by atoms with E-state index in [-0.39, 0.29) is 36.6 Å². The molecule has 0 fully saturated rings. The molecule has 0 aromatic heterocycles. The normalized spacial score (nSPS) is 10.3. The lowest BCUT2D eigenvalue weighted by Gasteiger charge is -2.12. The van der Waals surface area contributed by atoms with Gasteiger partial charge in [0.1, 0.15) is 5.82 Å². The molecule has 37 heavy (non-hydrogen) atoms. The van der Waals surface area contributed by atoms with Gasteiger partial charge in [0, 0.05) is 29.0 Å². The Morgan fingerprint density at radius 1 is 0.649 bits per heavy atom. The fourth-order valence-corrected chi connectivity index (χ4v) is 3.55. The molecule has 0 saturated heterocycles. The number of carbonyl (C=O) groups is 3. The predicted octanol–water partition coefficient (Wildman–Crippen LogP) is 5.06. The van der Waals surface area contributed by atoms with Crippen molar-refractivity contribution in [3.63, 3.8) is 0 Å². The van der Waals surface area contributed by atoms with E-state index in [4.69, 9.17) is 0 Å². The quantitative estimate of drug-likeness (QED) is 0.260. The van der Waals surface area contributed by atoms with Crippen LogP contribution in [0.3, 0.4) is 0 Å². The molecule has 8 heteroatoms. The van der Waals surface area contributed by atoms with Gasteiger partial charge in [0.05, 0.1) is 17.8 Å². The Morgan fingerprint density at radius 3 is 2.08 bits per heavy atom. The Hall–Kier alpha value is -4.98. The van der Waals surface area contributed by atoms with Gasteiger partial charge in [-0.2, -0.15) is 0 Å². The van der Waals surface area contributed by atoms with Crippen LogP contribution in [0.5, 0.6) is 0 Å². The van der Waals surface area contributed by atoms with Gasteiger partial charge in [0.2, 0.25) is 5.91 Å². The largest absolute Gasteiger partial charge is 0.376 e. The van der Waals surface area contributed by atoms with Crippen molar-refractivity contribution >= 4 is 34.8 Å². The molecule has 0 heterocycles. The lowest BCUT2D eigenvalue weighted by atomic mass is 10.1. The van der Waals surface area contributed by atoms with Gasteiger partial charge in [0.25, 0.3) is 11.8 Å². The van der Waals surface area contributed by atoms with E-state index in [0.29, 0.717) is 33.8 Å². The average molecular weight is 497 g/mol. The summed E-state index contributed by atoms with van der Waals surface area (Å²) in [4.78, 5) is 37.6. The number of halogens is 1. The summed E-state index contributed by atoms with van der Waals surface area (Å²) in [7, 11) is 0. The van der Waals surface area contributed by atoms with Gasteiger partial charge in [-0.15, -0.1) is 0 Å².